The fourth-order valence-corrected chi connectivity index (χ4v) is 10.2. The third-order valence-corrected chi connectivity index (χ3v) is 12.8. The zero-order valence-electron chi connectivity index (χ0n) is 33.2. The molecule has 4 heterocycles. The first-order valence-corrected chi connectivity index (χ1v) is 20.7. The van der Waals surface area contributed by atoms with Gasteiger partial charge in [0.1, 0.15) is 6.07 Å². The first-order valence-electron chi connectivity index (χ1n) is 20.7. The topological polar surface area (TPSA) is 47.9 Å². The molecule has 0 radical (unpaired) electrons. The van der Waals surface area contributed by atoms with Gasteiger partial charge in [-0.05, 0) is 84.9 Å². The Labute approximate surface area is 355 Å². The summed E-state index contributed by atoms with van der Waals surface area (Å²) in [6.07, 6.45) is 0. The molecule has 0 fully saturated rings. The van der Waals surface area contributed by atoms with Crippen molar-refractivity contribution in [1.82, 2.24) is 18.3 Å². The average molecular weight is 789 g/mol. The van der Waals surface area contributed by atoms with Crippen LogP contribution in [0.15, 0.2) is 194 Å². The van der Waals surface area contributed by atoms with E-state index in [1.165, 1.54) is 0 Å². The van der Waals surface area contributed by atoms with Gasteiger partial charge in [0, 0.05) is 54.5 Å². The standard InChI is InChI=1S/C56H32N6/c1-58-46-33-51(61-49-26-14-10-22-40(49)44-29-52-42(31-54(44)61)38-20-8-12-24-47(38)59(52)36-16-4-2-5-17-36)35(34-57)28-56(46)62-50-27-15-11-23-41(50)45-30-53-43(32-55(45)62)39-21-9-13-25-48(39)60(53)37-18-6-3-7-19-37/h2-33H. The minimum atomic E-state index is 0.459. The minimum absolute atomic E-state index is 0.459. The smallest absolute Gasteiger partial charge is 0.212 e. The van der Waals surface area contributed by atoms with Gasteiger partial charge in [0.15, 0.2) is 0 Å². The summed E-state index contributed by atoms with van der Waals surface area (Å²) < 4.78 is 9.04. The Balaban J connectivity index is 1.09. The minimum Gasteiger partial charge on any atom is -0.319 e. The summed E-state index contributed by atoms with van der Waals surface area (Å²) in [5.74, 6) is 0. The lowest BCUT2D eigenvalue weighted by atomic mass is 10.1. The highest BCUT2D eigenvalue weighted by molar-refractivity contribution is 6.21. The van der Waals surface area contributed by atoms with Crippen molar-refractivity contribution in [3.63, 3.8) is 0 Å². The fourth-order valence-electron chi connectivity index (χ4n) is 10.2. The van der Waals surface area contributed by atoms with E-state index in [4.69, 9.17) is 6.57 Å². The summed E-state index contributed by atoms with van der Waals surface area (Å²) in [6, 6.07) is 70.4. The molecule has 0 amide bonds. The normalized spacial score (nSPS) is 11.8. The molecule has 13 aromatic rings. The molecule has 0 N–H and O–H groups in total. The van der Waals surface area contributed by atoms with Gasteiger partial charge in [-0.25, -0.2) is 4.85 Å². The maximum atomic E-state index is 11.1. The van der Waals surface area contributed by atoms with E-state index in [1.807, 2.05) is 36.4 Å². The lowest BCUT2D eigenvalue weighted by Gasteiger charge is -2.16. The van der Waals surface area contributed by atoms with Crippen molar-refractivity contribution in [3.05, 3.63) is 211 Å². The number of benzene rings is 9. The van der Waals surface area contributed by atoms with E-state index in [-0.39, 0.29) is 0 Å². The molecule has 6 nitrogen and oxygen atoms in total. The molecule has 0 unspecified atom stereocenters. The van der Waals surface area contributed by atoms with Crippen LogP contribution < -0.4 is 0 Å². The number of rotatable bonds is 4. The molecule has 0 atom stereocenters. The lowest BCUT2D eigenvalue weighted by molar-refractivity contribution is 1.14. The molecule has 0 aliphatic carbocycles. The highest BCUT2D eigenvalue weighted by atomic mass is 15.0. The fraction of sp³-hybridized carbons (Fsp3) is 0. The molecule has 0 spiro atoms. The molecule has 0 saturated carbocycles. The van der Waals surface area contributed by atoms with Crippen molar-refractivity contribution in [2.45, 2.75) is 0 Å². The van der Waals surface area contributed by atoms with Gasteiger partial charge in [0.25, 0.3) is 0 Å². The summed E-state index contributed by atoms with van der Waals surface area (Å²) in [4.78, 5) is 4.23. The van der Waals surface area contributed by atoms with E-state index in [0.717, 1.165) is 98.6 Å². The molecule has 0 aliphatic heterocycles. The van der Waals surface area contributed by atoms with Crippen LogP contribution >= 0.6 is 0 Å². The second kappa shape index (κ2) is 12.8. The largest absolute Gasteiger partial charge is 0.319 e. The number of hydrogen-bond donors (Lipinski definition) is 0. The van der Waals surface area contributed by atoms with Crippen LogP contribution in [-0.2, 0) is 0 Å². The average Bonchev–Trinajstić information content (AvgIpc) is 4.04. The summed E-state index contributed by atoms with van der Waals surface area (Å²) in [7, 11) is 0. The van der Waals surface area contributed by atoms with Crippen LogP contribution in [0.1, 0.15) is 5.56 Å². The van der Waals surface area contributed by atoms with Crippen LogP contribution in [-0.4, -0.2) is 18.3 Å². The van der Waals surface area contributed by atoms with Gasteiger partial charge in [-0.1, -0.05) is 109 Å². The lowest BCUT2D eigenvalue weighted by Crippen LogP contribution is -2.01. The quantitative estimate of drug-likeness (QED) is 0.164. The SMILES string of the molecule is [C-]#[N+]c1cc(-n2c3ccccc3c3cc4c(cc32)c2ccccc2n4-c2ccccc2)c(C#N)cc1-n1c2ccccc2c2cc3c(cc21)c1ccccc1n3-c1ccccc1. The van der Waals surface area contributed by atoms with E-state index < -0.39 is 0 Å². The van der Waals surface area contributed by atoms with Crippen LogP contribution in [0.3, 0.4) is 0 Å². The van der Waals surface area contributed by atoms with Gasteiger partial charge >= 0.3 is 0 Å². The first-order chi connectivity index (χ1) is 30.7. The predicted octanol–water partition coefficient (Wildman–Crippen LogP) is 14.5. The molecule has 286 valence electrons. The Hall–Kier alpha value is -8.84. The van der Waals surface area contributed by atoms with Gasteiger partial charge in [-0.3, -0.25) is 0 Å². The molecule has 4 aromatic heterocycles. The zero-order chi connectivity index (χ0) is 41.1. The van der Waals surface area contributed by atoms with Crippen molar-refractivity contribution in [2.24, 2.45) is 0 Å². The molecule has 62 heavy (non-hydrogen) atoms. The Kier molecular flexibility index (Phi) is 7.05. The first kappa shape index (κ1) is 34.1. The Morgan fingerprint density at radius 3 is 1.06 bits per heavy atom. The van der Waals surface area contributed by atoms with Gasteiger partial charge in [-0.15, -0.1) is 0 Å². The monoisotopic (exact) mass is 788 g/mol. The second-order valence-corrected chi connectivity index (χ2v) is 15.9. The van der Waals surface area contributed by atoms with E-state index in [0.29, 0.717) is 22.6 Å². The van der Waals surface area contributed by atoms with Crippen LogP contribution in [0.5, 0.6) is 0 Å². The van der Waals surface area contributed by atoms with E-state index in [2.05, 4.69) is 187 Å². The van der Waals surface area contributed by atoms with E-state index in [1.54, 1.807) is 0 Å². The summed E-state index contributed by atoms with van der Waals surface area (Å²) in [6.45, 7) is 8.71. The zero-order valence-corrected chi connectivity index (χ0v) is 33.2. The van der Waals surface area contributed by atoms with Gasteiger partial charge in [0.05, 0.1) is 67.6 Å². The van der Waals surface area contributed by atoms with Gasteiger partial charge < -0.3 is 18.3 Å². The highest BCUT2D eigenvalue weighted by Gasteiger charge is 2.24. The van der Waals surface area contributed by atoms with Crippen LogP contribution in [0.2, 0.25) is 0 Å². The molecule has 13 rings (SSSR count). The highest BCUT2D eigenvalue weighted by Crippen LogP contribution is 2.44. The van der Waals surface area contributed by atoms with E-state index >= 15 is 0 Å². The summed E-state index contributed by atoms with van der Waals surface area (Å²) in [5, 5.41) is 20.0. The second-order valence-electron chi connectivity index (χ2n) is 15.9. The third-order valence-electron chi connectivity index (χ3n) is 12.8. The maximum Gasteiger partial charge on any atom is 0.212 e. The van der Waals surface area contributed by atoms with Crippen molar-refractivity contribution < 1.29 is 0 Å². The number of nitrogens with zero attached hydrogens (tertiary/aromatic N) is 6. The molecule has 9 aromatic carbocycles. The van der Waals surface area contributed by atoms with Crippen molar-refractivity contribution in [3.8, 4) is 28.8 Å². The molecule has 0 bridgehead atoms. The van der Waals surface area contributed by atoms with Crippen molar-refractivity contribution in [2.75, 3.05) is 0 Å². The summed E-state index contributed by atoms with van der Waals surface area (Å²) >= 11 is 0. The third kappa shape index (κ3) is 4.61. The Morgan fingerprint density at radius 2 is 0.677 bits per heavy atom. The number of aromatic nitrogens is 4. The molecule has 0 aliphatic rings. The van der Waals surface area contributed by atoms with E-state index in [9.17, 15) is 5.26 Å². The van der Waals surface area contributed by atoms with Crippen LogP contribution in [0.25, 0.3) is 115 Å². The van der Waals surface area contributed by atoms with Crippen molar-refractivity contribution >= 4 is 92.9 Å². The molecule has 6 heteroatoms. The molecule has 0 saturated heterocycles. The van der Waals surface area contributed by atoms with Crippen LogP contribution in [0.4, 0.5) is 5.69 Å². The predicted molar refractivity (Wildman–Crippen MR) is 255 cm³/mol. The molecular weight excluding hydrogens is 757 g/mol. The maximum absolute atomic E-state index is 11.1. The Morgan fingerprint density at radius 1 is 0.339 bits per heavy atom. The Bertz CT molecular complexity index is 3840. The van der Waals surface area contributed by atoms with Crippen molar-refractivity contribution in [1.29, 1.82) is 5.26 Å². The number of hydrogen-bond acceptors (Lipinski definition) is 1. The number of para-hydroxylation sites is 6. The number of fused-ring (bicyclic) bond motifs is 12. The van der Waals surface area contributed by atoms with Gasteiger partial charge in [0.2, 0.25) is 5.69 Å². The van der Waals surface area contributed by atoms with Gasteiger partial charge in [-0.2, -0.15) is 5.26 Å². The van der Waals surface area contributed by atoms with Crippen LogP contribution in [0, 0.1) is 17.9 Å². The summed E-state index contributed by atoms with van der Waals surface area (Å²) in [5.41, 5.74) is 12.9. The number of nitriles is 1. The molecular formula is C56H32N6.